The number of nitrogens with one attached hydrogen (secondary N) is 1. The molecule has 0 aliphatic carbocycles. The Morgan fingerprint density at radius 1 is 1.38 bits per heavy atom. The van der Waals surface area contributed by atoms with Gasteiger partial charge in [-0.25, -0.2) is 4.79 Å². The zero-order valence-corrected chi connectivity index (χ0v) is 11.8. The largest absolute Gasteiger partial charge is 0.487 e. The summed E-state index contributed by atoms with van der Waals surface area (Å²) in [5.74, 6) is 0.166. The van der Waals surface area contributed by atoms with Crippen LogP contribution in [0.3, 0.4) is 0 Å². The molecule has 0 atom stereocenters. The summed E-state index contributed by atoms with van der Waals surface area (Å²) >= 11 is 0. The zero-order chi connectivity index (χ0) is 15.6. The van der Waals surface area contributed by atoms with E-state index < -0.39 is 11.7 Å². The van der Waals surface area contributed by atoms with Crippen molar-refractivity contribution in [2.75, 3.05) is 13.1 Å². The fourth-order valence-corrected chi connectivity index (χ4v) is 1.95. The van der Waals surface area contributed by atoms with Crippen LogP contribution in [0.2, 0.25) is 0 Å². The van der Waals surface area contributed by atoms with E-state index in [4.69, 9.17) is 4.74 Å². The predicted octanol–water partition coefficient (Wildman–Crippen LogP) is 2.89. The van der Waals surface area contributed by atoms with Gasteiger partial charge in [-0.1, -0.05) is 6.07 Å². The summed E-state index contributed by atoms with van der Waals surface area (Å²) < 4.78 is 43.2. The van der Waals surface area contributed by atoms with Crippen LogP contribution < -0.4 is 10.1 Å². The third-order valence-electron chi connectivity index (χ3n) is 3.01. The molecule has 21 heavy (non-hydrogen) atoms. The molecule has 1 fully saturated rings. The molecule has 0 aromatic heterocycles. The predicted molar refractivity (Wildman–Crippen MR) is 71.1 cm³/mol. The number of likely N-dealkylation sites (tertiary alicyclic amines) is 1. The number of benzene rings is 1. The van der Waals surface area contributed by atoms with Crippen molar-refractivity contribution in [2.24, 2.45) is 0 Å². The Kier molecular flexibility index (Phi) is 4.29. The van der Waals surface area contributed by atoms with Crippen molar-refractivity contribution >= 4 is 6.03 Å². The molecule has 1 saturated heterocycles. The second-order valence-electron chi connectivity index (χ2n) is 5.27. The lowest BCUT2D eigenvalue weighted by atomic mass is 10.1. The second kappa shape index (κ2) is 5.83. The first kappa shape index (κ1) is 15.5. The highest BCUT2D eigenvalue weighted by molar-refractivity contribution is 5.75. The van der Waals surface area contributed by atoms with Crippen molar-refractivity contribution in [3.8, 4) is 5.75 Å². The molecule has 4 nitrogen and oxygen atoms in total. The number of rotatable bonds is 3. The number of halogens is 3. The molecule has 2 rings (SSSR count). The summed E-state index contributed by atoms with van der Waals surface area (Å²) in [5.41, 5.74) is -0.742. The molecular weight excluding hydrogens is 285 g/mol. The van der Waals surface area contributed by atoms with E-state index in [2.05, 4.69) is 5.32 Å². The Labute approximate surface area is 120 Å². The number of carbonyl (C=O) groups excluding carboxylic acids is 1. The van der Waals surface area contributed by atoms with Crippen molar-refractivity contribution in [1.29, 1.82) is 0 Å². The van der Waals surface area contributed by atoms with Crippen LogP contribution in [0.25, 0.3) is 0 Å². The molecule has 1 heterocycles. The van der Waals surface area contributed by atoms with Crippen molar-refractivity contribution in [3.63, 3.8) is 0 Å². The SMILES string of the molecule is CC(C)NC(=O)N1CC(Oc2cccc(C(F)(F)F)c2)C1. The molecule has 1 aliphatic rings. The Morgan fingerprint density at radius 2 is 2.05 bits per heavy atom. The average molecular weight is 302 g/mol. The van der Waals surface area contributed by atoms with Gasteiger partial charge in [-0.15, -0.1) is 0 Å². The first-order chi connectivity index (χ1) is 9.75. The van der Waals surface area contributed by atoms with Crippen LogP contribution in [0, 0.1) is 0 Å². The summed E-state index contributed by atoms with van der Waals surface area (Å²) in [6.07, 6.45) is -4.66. The molecule has 0 saturated carbocycles. The highest BCUT2D eigenvalue weighted by Gasteiger charge is 2.34. The second-order valence-corrected chi connectivity index (χ2v) is 5.27. The fraction of sp³-hybridized carbons (Fsp3) is 0.500. The first-order valence-electron chi connectivity index (χ1n) is 6.65. The topological polar surface area (TPSA) is 41.6 Å². The van der Waals surface area contributed by atoms with Gasteiger partial charge >= 0.3 is 12.2 Å². The summed E-state index contributed by atoms with van der Waals surface area (Å²) in [5, 5.41) is 2.74. The van der Waals surface area contributed by atoms with E-state index in [1.807, 2.05) is 13.8 Å². The monoisotopic (exact) mass is 302 g/mol. The summed E-state index contributed by atoms with van der Waals surface area (Å²) in [4.78, 5) is 13.2. The molecule has 0 spiro atoms. The lowest BCUT2D eigenvalue weighted by Crippen LogP contribution is -2.59. The van der Waals surface area contributed by atoms with Crippen molar-refractivity contribution < 1.29 is 22.7 Å². The van der Waals surface area contributed by atoms with E-state index >= 15 is 0 Å². The van der Waals surface area contributed by atoms with E-state index in [9.17, 15) is 18.0 Å². The molecule has 1 aliphatic heterocycles. The lowest BCUT2D eigenvalue weighted by Gasteiger charge is -2.39. The van der Waals surface area contributed by atoms with Gasteiger partial charge in [-0.05, 0) is 32.0 Å². The minimum absolute atomic E-state index is 0.0425. The van der Waals surface area contributed by atoms with E-state index in [-0.39, 0.29) is 23.9 Å². The molecule has 0 radical (unpaired) electrons. The highest BCUT2D eigenvalue weighted by atomic mass is 19.4. The molecule has 1 aromatic rings. The Balaban J connectivity index is 1.87. The molecule has 0 bridgehead atoms. The Hall–Kier alpha value is -1.92. The molecule has 1 N–H and O–H groups in total. The average Bonchev–Trinajstić information content (AvgIpc) is 2.31. The maximum atomic E-state index is 12.6. The van der Waals surface area contributed by atoms with Crippen LogP contribution in [-0.4, -0.2) is 36.2 Å². The van der Waals surface area contributed by atoms with Crippen LogP contribution in [-0.2, 0) is 6.18 Å². The number of nitrogens with zero attached hydrogens (tertiary/aromatic N) is 1. The van der Waals surface area contributed by atoms with Gasteiger partial charge in [-0.2, -0.15) is 13.2 Å². The van der Waals surface area contributed by atoms with Gasteiger partial charge in [0.05, 0.1) is 18.7 Å². The zero-order valence-electron chi connectivity index (χ0n) is 11.8. The highest BCUT2D eigenvalue weighted by Crippen LogP contribution is 2.31. The van der Waals surface area contributed by atoms with Crippen molar-refractivity contribution in [1.82, 2.24) is 10.2 Å². The van der Waals surface area contributed by atoms with E-state index in [0.717, 1.165) is 12.1 Å². The lowest BCUT2D eigenvalue weighted by molar-refractivity contribution is -0.137. The number of amides is 2. The molecule has 0 unspecified atom stereocenters. The number of ether oxygens (including phenoxy) is 1. The smallest absolute Gasteiger partial charge is 0.416 e. The number of urea groups is 1. The third-order valence-corrected chi connectivity index (χ3v) is 3.01. The van der Waals surface area contributed by atoms with Gasteiger partial charge in [-0.3, -0.25) is 0 Å². The van der Waals surface area contributed by atoms with E-state index in [1.165, 1.54) is 12.1 Å². The van der Waals surface area contributed by atoms with Crippen LogP contribution in [0.1, 0.15) is 19.4 Å². The van der Waals surface area contributed by atoms with Crippen LogP contribution in [0.5, 0.6) is 5.75 Å². The fourth-order valence-electron chi connectivity index (χ4n) is 1.95. The van der Waals surface area contributed by atoms with Gasteiger partial charge < -0.3 is 15.0 Å². The summed E-state index contributed by atoms with van der Waals surface area (Å²) in [6, 6.07) is 4.61. The van der Waals surface area contributed by atoms with Crippen LogP contribution in [0.4, 0.5) is 18.0 Å². The van der Waals surface area contributed by atoms with Gasteiger partial charge in [0.2, 0.25) is 0 Å². The number of hydrogen-bond donors (Lipinski definition) is 1. The molecule has 1 aromatic carbocycles. The van der Waals surface area contributed by atoms with Gasteiger partial charge in [0, 0.05) is 6.04 Å². The van der Waals surface area contributed by atoms with Crippen LogP contribution >= 0.6 is 0 Å². The van der Waals surface area contributed by atoms with Gasteiger partial charge in [0.1, 0.15) is 11.9 Å². The first-order valence-corrected chi connectivity index (χ1v) is 6.65. The number of hydrogen-bond acceptors (Lipinski definition) is 2. The van der Waals surface area contributed by atoms with Gasteiger partial charge in [0.25, 0.3) is 0 Å². The number of alkyl halides is 3. The molecule has 116 valence electrons. The molecular formula is C14H17F3N2O2. The minimum Gasteiger partial charge on any atom is -0.487 e. The normalized spacial score (nSPS) is 15.8. The Morgan fingerprint density at radius 3 is 2.62 bits per heavy atom. The minimum atomic E-state index is -4.39. The third kappa shape index (κ3) is 4.03. The van der Waals surface area contributed by atoms with E-state index in [0.29, 0.717) is 13.1 Å². The Bertz CT molecular complexity index is 511. The quantitative estimate of drug-likeness (QED) is 0.933. The summed E-state index contributed by atoms with van der Waals surface area (Å²) in [6.45, 7) is 4.45. The molecule has 2 amide bonds. The van der Waals surface area contributed by atoms with Crippen molar-refractivity contribution in [3.05, 3.63) is 29.8 Å². The maximum Gasteiger partial charge on any atom is 0.416 e. The van der Waals surface area contributed by atoms with Crippen molar-refractivity contribution in [2.45, 2.75) is 32.2 Å². The molecule has 7 heteroatoms. The van der Waals surface area contributed by atoms with E-state index in [1.54, 1.807) is 4.90 Å². The maximum absolute atomic E-state index is 12.6. The van der Waals surface area contributed by atoms with Gasteiger partial charge in [0.15, 0.2) is 0 Å². The standard InChI is InChI=1S/C14H17F3N2O2/c1-9(2)18-13(20)19-7-12(8-19)21-11-5-3-4-10(6-11)14(15,16)17/h3-6,9,12H,7-8H2,1-2H3,(H,18,20). The summed E-state index contributed by atoms with van der Waals surface area (Å²) in [7, 11) is 0. The van der Waals surface area contributed by atoms with Crippen LogP contribution in [0.15, 0.2) is 24.3 Å². The number of carbonyl (C=O) groups is 1.